The zero-order valence-corrected chi connectivity index (χ0v) is 15.0. The Kier molecular flexibility index (Phi) is 5.24. The van der Waals surface area contributed by atoms with Gasteiger partial charge in [0.05, 0.1) is 12.0 Å². The van der Waals surface area contributed by atoms with Crippen molar-refractivity contribution in [1.82, 2.24) is 4.90 Å². The van der Waals surface area contributed by atoms with Crippen LogP contribution in [-0.4, -0.2) is 29.7 Å². The minimum atomic E-state index is -0.231. The number of hydrogen-bond donors (Lipinski definition) is 0. The summed E-state index contributed by atoms with van der Waals surface area (Å²) in [5, 5.41) is -0.216. The van der Waals surface area contributed by atoms with Gasteiger partial charge in [-0.3, -0.25) is 14.5 Å². The number of thioether (sulfide) groups is 1. The molecule has 0 bridgehead atoms. The Labute approximate surface area is 151 Å². The number of methoxy groups -OCH3 is 1. The molecule has 0 aromatic heterocycles. The highest BCUT2D eigenvalue weighted by Crippen LogP contribution is 2.33. The predicted molar refractivity (Wildman–Crippen MR) is 101 cm³/mol. The summed E-state index contributed by atoms with van der Waals surface area (Å²) in [5.41, 5.74) is 2.97. The molecule has 0 aliphatic carbocycles. The zero-order chi connectivity index (χ0) is 17.8. The first-order valence-electron chi connectivity index (χ1n) is 8.02. The fourth-order valence-electron chi connectivity index (χ4n) is 2.66. The molecule has 1 fully saturated rings. The largest absolute Gasteiger partial charge is 0.496 e. The molecule has 0 N–H and O–H groups in total. The Balaban J connectivity index is 1.74. The SMILES string of the molecule is COc1cc(/C=C2/SC(=O)N(CCc3ccccc3)C2=O)ccc1C. The maximum atomic E-state index is 12.5. The van der Waals surface area contributed by atoms with Crippen molar-refractivity contribution in [3.63, 3.8) is 0 Å². The standard InChI is InChI=1S/C20H19NO3S/c1-14-8-9-16(12-17(14)24-2)13-18-19(22)21(20(23)25-18)11-10-15-6-4-3-5-7-15/h3-9,12-13H,10-11H2,1-2H3/b18-13+. The van der Waals surface area contributed by atoms with Gasteiger partial charge in [-0.05, 0) is 53.9 Å². The van der Waals surface area contributed by atoms with Crippen LogP contribution in [0.3, 0.4) is 0 Å². The van der Waals surface area contributed by atoms with E-state index in [1.165, 1.54) is 4.90 Å². The van der Waals surface area contributed by atoms with Crippen LogP contribution in [0.1, 0.15) is 16.7 Å². The van der Waals surface area contributed by atoms with Crippen LogP contribution in [0.2, 0.25) is 0 Å². The molecule has 0 atom stereocenters. The van der Waals surface area contributed by atoms with Gasteiger partial charge in [-0.25, -0.2) is 0 Å². The van der Waals surface area contributed by atoms with Gasteiger partial charge in [0, 0.05) is 6.54 Å². The summed E-state index contributed by atoms with van der Waals surface area (Å²) in [7, 11) is 1.61. The van der Waals surface area contributed by atoms with Crippen LogP contribution in [0.15, 0.2) is 53.4 Å². The van der Waals surface area contributed by atoms with E-state index in [2.05, 4.69) is 0 Å². The number of nitrogens with zero attached hydrogens (tertiary/aromatic N) is 1. The van der Waals surface area contributed by atoms with Crippen molar-refractivity contribution in [2.24, 2.45) is 0 Å². The molecular weight excluding hydrogens is 334 g/mol. The van der Waals surface area contributed by atoms with Gasteiger partial charge in [0.1, 0.15) is 5.75 Å². The average Bonchev–Trinajstić information content (AvgIpc) is 2.89. The molecule has 1 aliphatic heterocycles. The minimum Gasteiger partial charge on any atom is -0.496 e. The topological polar surface area (TPSA) is 46.6 Å². The lowest BCUT2D eigenvalue weighted by Gasteiger charge is -2.12. The van der Waals surface area contributed by atoms with E-state index in [0.29, 0.717) is 17.9 Å². The molecule has 0 saturated carbocycles. The molecule has 25 heavy (non-hydrogen) atoms. The van der Waals surface area contributed by atoms with E-state index in [4.69, 9.17) is 4.74 Å². The molecule has 1 aliphatic rings. The smallest absolute Gasteiger partial charge is 0.293 e. The summed E-state index contributed by atoms with van der Waals surface area (Å²) in [4.78, 5) is 26.5. The van der Waals surface area contributed by atoms with Crippen LogP contribution < -0.4 is 4.74 Å². The second-order valence-electron chi connectivity index (χ2n) is 5.80. The lowest BCUT2D eigenvalue weighted by atomic mass is 10.1. The number of imide groups is 1. The van der Waals surface area contributed by atoms with E-state index in [-0.39, 0.29) is 11.1 Å². The third-order valence-corrected chi connectivity index (χ3v) is 4.98. The second-order valence-corrected chi connectivity index (χ2v) is 6.79. The van der Waals surface area contributed by atoms with E-state index >= 15 is 0 Å². The quantitative estimate of drug-likeness (QED) is 0.753. The molecular formula is C20H19NO3S. The number of carbonyl (C=O) groups excluding carboxylic acids is 2. The summed E-state index contributed by atoms with van der Waals surface area (Å²) in [6.07, 6.45) is 2.40. The lowest BCUT2D eigenvalue weighted by Crippen LogP contribution is -2.30. The number of ether oxygens (including phenoxy) is 1. The molecule has 2 amide bonds. The third kappa shape index (κ3) is 3.94. The number of hydrogen-bond acceptors (Lipinski definition) is 4. The van der Waals surface area contributed by atoms with Crippen LogP contribution in [-0.2, 0) is 11.2 Å². The van der Waals surface area contributed by atoms with Crippen molar-refractivity contribution in [3.8, 4) is 5.75 Å². The summed E-state index contributed by atoms with van der Waals surface area (Å²) in [5.74, 6) is 0.530. The number of aryl methyl sites for hydroxylation is 1. The Hall–Kier alpha value is -2.53. The summed E-state index contributed by atoms with van der Waals surface area (Å²) in [6, 6.07) is 15.6. The van der Waals surface area contributed by atoms with E-state index in [1.54, 1.807) is 13.2 Å². The van der Waals surface area contributed by atoms with Crippen LogP contribution in [0.5, 0.6) is 5.75 Å². The molecule has 1 saturated heterocycles. The monoisotopic (exact) mass is 353 g/mol. The van der Waals surface area contributed by atoms with Gasteiger partial charge in [0.15, 0.2) is 0 Å². The first-order chi connectivity index (χ1) is 12.1. The van der Waals surface area contributed by atoms with Gasteiger partial charge in [-0.15, -0.1) is 0 Å². The van der Waals surface area contributed by atoms with E-state index in [9.17, 15) is 9.59 Å². The first kappa shape index (κ1) is 17.3. The predicted octanol–water partition coefficient (Wildman–Crippen LogP) is 4.28. The van der Waals surface area contributed by atoms with Crippen molar-refractivity contribution in [2.45, 2.75) is 13.3 Å². The van der Waals surface area contributed by atoms with Crippen molar-refractivity contribution in [1.29, 1.82) is 0 Å². The Morgan fingerprint density at radius 3 is 2.60 bits per heavy atom. The van der Waals surface area contributed by atoms with E-state index < -0.39 is 0 Å². The number of benzene rings is 2. The molecule has 4 nitrogen and oxygen atoms in total. The summed E-state index contributed by atoms with van der Waals surface area (Å²) < 4.78 is 5.31. The molecule has 2 aromatic carbocycles. The summed E-state index contributed by atoms with van der Waals surface area (Å²) in [6.45, 7) is 2.35. The van der Waals surface area contributed by atoms with Crippen LogP contribution in [0.25, 0.3) is 6.08 Å². The van der Waals surface area contributed by atoms with Gasteiger partial charge in [-0.1, -0.05) is 42.5 Å². The normalized spacial score (nSPS) is 15.9. The maximum absolute atomic E-state index is 12.5. The fourth-order valence-corrected chi connectivity index (χ4v) is 3.52. The molecule has 2 aromatic rings. The highest BCUT2D eigenvalue weighted by atomic mass is 32.2. The molecule has 1 heterocycles. The first-order valence-corrected chi connectivity index (χ1v) is 8.84. The Bertz CT molecular complexity index is 830. The number of amides is 2. The van der Waals surface area contributed by atoms with E-state index in [1.807, 2.05) is 55.5 Å². The molecule has 5 heteroatoms. The highest BCUT2D eigenvalue weighted by molar-refractivity contribution is 8.18. The Morgan fingerprint density at radius 2 is 1.88 bits per heavy atom. The van der Waals surface area contributed by atoms with Crippen molar-refractivity contribution in [3.05, 3.63) is 70.1 Å². The highest BCUT2D eigenvalue weighted by Gasteiger charge is 2.34. The molecule has 0 unspecified atom stereocenters. The molecule has 0 radical (unpaired) electrons. The molecule has 0 spiro atoms. The van der Waals surface area contributed by atoms with Gasteiger partial charge in [-0.2, -0.15) is 0 Å². The van der Waals surface area contributed by atoms with Crippen molar-refractivity contribution < 1.29 is 14.3 Å². The van der Waals surface area contributed by atoms with E-state index in [0.717, 1.165) is 34.2 Å². The van der Waals surface area contributed by atoms with Crippen molar-refractivity contribution in [2.75, 3.05) is 13.7 Å². The van der Waals surface area contributed by atoms with Gasteiger partial charge < -0.3 is 4.74 Å². The Morgan fingerprint density at radius 1 is 1.12 bits per heavy atom. The maximum Gasteiger partial charge on any atom is 0.293 e. The van der Waals surface area contributed by atoms with Gasteiger partial charge in [0.2, 0.25) is 0 Å². The minimum absolute atomic E-state index is 0.216. The molecule has 128 valence electrons. The zero-order valence-electron chi connectivity index (χ0n) is 14.2. The average molecular weight is 353 g/mol. The summed E-state index contributed by atoms with van der Waals surface area (Å²) >= 11 is 0.987. The van der Waals surface area contributed by atoms with Gasteiger partial charge >= 0.3 is 0 Å². The van der Waals surface area contributed by atoms with Crippen LogP contribution in [0.4, 0.5) is 4.79 Å². The van der Waals surface area contributed by atoms with Crippen molar-refractivity contribution >= 4 is 29.0 Å². The lowest BCUT2D eigenvalue weighted by molar-refractivity contribution is -0.122. The molecule has 3 rings (SSSR count). The fraction of sp³-hybridized carbons (Fsp3) is 0.200. The van der Waals surface area contributed by atoms with Crippen LogP contribution in [0, 0.1) is 6.92 Å². The van der Waals surface area contributed by atoms with Crippen LogP contribution >= 0.6 is 11.8 Å². The third-order valence-electron chi connectivity index (χ3n) is 4.07. The van der Waals surface area contributed by atoms with Gasteiger partial charge in [0.25, 0.3) is 11.1 Å². The second kappa shape index (κ2) is 7.57. The number of carbonyl (C=O) groups is 2. The number of rotatable bonds is 5.